The van der Waals surface area contributed by atoms with E-state index in [4.69, 9.17) is 11.6 Å². The van der Waals surface area contributed by atoms with E-state index in [1.165, 1.54) is 11.1 Å². The molecule has 0 aliphatic carbocycles. The maximum absolute atomic E-state index is 5.66. The fourth-order valence-electron chi connectivity index (χ4n) is 1.49. The molecule has 0 unspecified atom stereocenters. The van der Waals surface area contributed by atoms with Gasteiger partial charge in [0.1, 0.15) is 10.0 Å². The number of nitrogens with zero attached hydrogens (tertiary/aromatic N) is 2. The van der Waals surface area contributed by atoms with Crippen LogP contribution >= 0.6 is 22.9 Å². The van der Waals surface area contributed by atoms with Gasteiger partial charge in [0.15, 0.2) is 0 Å². The lowest BCUT2D eigenvalue weighted by Gasteiger charge is -1.98. The van der Waals surface area contributed by atoms with E-state index in [0.29, 0.717) is 5.88 Å². The van der Waals surface area contributed by atoms with Crippen LogP contribution in [0.1, 0.15) is 17.0 Å². The Morgan fingerprint density at radius 3 is 2.81 bits per heavy atom. The van der Waals surface area contributed by atoms with Gasteiger partial charge in [-0.15, -0.1) is 21.8 Å². The van der Waals surface area contributed by atoms with Gasteiger partial charge < -0.3 is 0 Å². The van der Waals surface area contributed by atoms with Crippen molar-refractivity contribution in [1.82, 2.24) is 10.2 Å². The lowest BCUT2D eigenvalue weighted by atomic mass is 10.1. The highest BCUT2D eigenvalue weighted by molar-refractivity contribution is 7.14. The average molecular weight is 253 g/mol. The first-order valence-electron chi connectivity index (χ1n) is 5.25. The Bertz CT molecular complexity index is 468. The maximum atomic E-state index is 5.66. The van der Waals surface area contributed by atoms with Crippen molar-refractivity contribution >= 4 is 22.9 Å². The van der Waals surface area contributed by atoms with Crippen LogP contribution in [0.25, 0.3) is 10.6 Å². The molecule has 4 heteroatoms. The number of hydrogen-bond acceptors (Lipinski definition) is 3. The molecule has 1 aromatic heterocycles. The van der Waals surface area contributed by atoms with Crippen LogP contribution in [-0.4, -0.2) is 16.1 Å². The van der Waals surface area contributed by atoms with Crippen LogP contribution in [-0.2, 0) is 6.42 Å². The average Bonchev–Trinajstić information content (AvgIpc) is 2.75. The highest BCUT2D eigenvalue weighted by Crippen LogP contribution is 2.26. The summed E-state index contributed by atoms with van der Waals surface area (Å²) in [5.41, 5.74) is 2.42. The van der Waals surface area contributed by atoms with Crippen LogP contribution in [0.3, 0.4) is 0 Å². The molecule has 0 saturated heterocycles. The van der Waals surface area contributed by atoms with Gasteiger partial charge in [-0.05, 0) is 18.9 Å². The monoisotopic (exact) mass is 252 g/mol. The third-order valence-corrected chi connectivity index (χ3v) is 3.65. The summed E-state index contributed by atoms with van der Waals surface area (Å²) >= 11 is 7.32. The Balaban J connectivity index is 2.22. The van der Waals surface area contributed by atoms with Gasteiger partial charge in [-0.1, -0.05) is 35.6 Å². The zero-order chi connectivity index (χ0) is 11.4. The third-order valence-electron chi connectivity index (χ3n) is 2.37. The van der Waals surface area contributed by atoms with E-state index in [1.54, 1.807) is 11.3 Å². The fraction of sp³-hybridized carbons (Fsp3) is 0.333. The molecule has 0 N–H and O–H groups in total. The summed E-state index contributed by atoms with van der Waals surface area (Å²) in [7, 11) is 0. The summed E-state index contributed by atoms with van der Waals surface area (Å²) in [6.07, 6.45) is 1.89. The number of hydrogen-bond donors (Lipinski definition) is 0. The predicted octanol–water partition coefficient (Wildman–Crippen LogP) is 3.68. The molecule has 0 amide bonds. The number of halogens is 1. The first-order valence-corrected chi connectivity index (χ1v) is 6.60. The van der Waals surface area contributed by atoms with Crippen LogP contribution in [0.2, 0.25) is 0 Å². The second-order valence-corrected chi connectivity index (χ2v) is 5.05. The summed E-state index contributed by atoms with van der Waals surface area (Å²) in [6.45, 7) is 2.09. The largest absolute Gasteiger partial charge is 0.148 e. The lowest BCUT2D eigenvalue weighted by molar-refractivity contribution is 0.884. The summed E-state index contributed by atoms with van der Waals surface area (Å²) in [4.78, 5) is 0. The number of alkyl halides is 1. The van der Waals surface area contributed by atoms with Gasteiger partial charge in [-0.2, -0.15) is 0 Å². The van der Waals surface area contributed by atoms with Crippen molar-refractivity contribution in [3.63, 3.8) is 0 Å². The van der Waals surface area contributed by atoms with Gasteiger partial charge in [-0.25, -0.2) is 0 Å². The third kappa shape index (κ3) is 2.60. The molecule has 0 spiro atoms. The van der Waals surface area contributed by atoms with E-state index in [2.05, 4.69) is 29.3 Å². The maximum Gasteiger partial charge on any atom is 0.148 e. The van der Waals surface area contributed by atoms with Gasteiger partial charge in [0.05, 0.1) is 0 Å². The molecule has 0 aliphatic heterocycles. The van der Waals surface area contributed by atoms with Crippen LogP contribution in [0.15, 0.2) is 24.3 Å². The minimum absolute atomic E-state index is 0.680. The highest BCUT2D eigenvalue weighted by atomic mass is 35.5. The zero-order valence-corrected chi connectivity index (χ0v) is 10.7. The van der Waals surface area contributed by atoms with Gasteiger partial charge in [-0.3, -0.25) is 0 Å². The fourth-order valence-corrected chi connectivity index (χ4v) is 2.60. The molecule has 0 bridgehead atoms. The second-order valence-electron chi connectivity index (χ2n) is 3.61. The summed E-state index contributed by atoms with van der Waals surface area (Å²) in [5.74, 6) is 0.680. The van der Waals surface area contributed by atoms with E-state index in [-0.39, 0.29) is 0 Å². The predicted molar refractivity (Wildman–Crippen MR) is 69.1 cm³/mol. The molecule has 0 atom stereocenters. The summed E-state index contributed by atoms with van der Waals surface area (Å²) < 4.78 is 0. The zero-order valence-electron chi connectivity index (χ0n) is 9.11. The van der Waals surface area contributed by atoms with Gasteiger partial charge >= 0.3 is 0 Å². The molecule has 16 heavy (non-hydrogen) atoms. The van der Waals surface area contributed by atoms with Crippen molar-refractivity contribution in [3.05, 3.63) is 34.8 Å². The highest BCUT2D eigenvalue weighted by Gasteiger charge is 2.07. The number of rotatable bonds is 4. The normalized spacial score (nSPS) is 10.6. The van der Waals surface area contributed by atoms with Crippen LogP contribution in [0, 0.1) is 6.92 Å². The van der Waals surface area contributed by atoms with E-state index in [0.717, 1.165) is 22.9 Å². The SMILES string of the molecule is Cc1ccccc1-c1nnc(CCCCl)s1. The van der Waals surface area contributed by atoms with Gasteiger partial charge in [0.2, 0.25) is 0 Å². The van der Waals surface area contributed by atoms with E-state index >= 15 is 0 Å². The molecular formula is C12H13ClN2S. The molecule has 0 saturated carbocycles. The standard InChI is InChI=1S/C12H13ClN2S/c1-9-5-2-3-6-10(9)12-15-14-11(16-12)7-4-8-13/h2-3,5-6H,4,7-8H2,1H3. The Kier molecular flexibility index (Phi) is 3.91. The first-order chi connectivity index (χ1) is 7.81. The van der Waals surface area contributed by atoms with Crippen molar-refractivity contribution in [2.24, 2.45) is 0 Å². The topological polar surface area (TPSA) is 25.8 Å². The number of benzene rings is 1. The van der Waals surface area contributed by atoms with E-state index in [1.807, 2.05) is 12.1 Å². The molecule has 2 nitrogen and oxygen atoms in total. The molecule has 0 fully saturated rings. The number of aromatic nitrogens is 2. The smallest absolute Gasteiger partial charge is 0.143 e. The Morgan fingerprint density at radius 2 is 2.06 bits per heavy atom. The van der Waals surface area contributed by atoms with Crippen molar-refractivity contribution in [2.75, 3.05) is 5.88 Å². The molecule has 2 rings (SSSR count). The van der Waals surface area contributed by atoms with E-state index < -0.39 is 0 Å². The molecule has 0 aliphatic rings. The Hall–Kier alpha value is -0.930. The summed E-state index contributed by atoms with van der Waals surface area (Å²) in [6, 6.07) is 8.24. The minimum atomic E-state index is 0.680. The molecule has 0 radical (unpaired) electrons. The van der Waals surface area contributed by atoms with Crippen molar-refractivity contribution in [3.8, 4) is 10.6 Å². The molecule has 1 heterocycles. The molecular weight excluding hydrogens is 240 g/mol. The lowest BCUT2D eigenvalue weighted by Crippen LogP contribution is -1.84. The Labute approximate surface area is 104 Å². The van der Waals surface area contributed by atoms with Crippen LogP contribution < -0.4 is 0 Å². The molecule has 1 aromatic carbocycles. The Morgan fingerprint density at radius 1 is 1.25 bits per heavy atom. The first kappa shape index (κ1) is 11.6. The molecule has 84 valence electrons. The van der Waals surface area contributed by atoms with Gasteiger partial charge in [0.25, 0.3) is 0 Å². The summed E-state index contributed by atoms with van der Waals surface area (Å²) in [5, 5.41) is 10.5. The van der Waals surface area contributed by atoms with Crippen LogP contribution in [0.5, 0.6) is 0 Å². The minimum Gasteiger partial charge on any atom is -0.143 e. The second kappa shape index (κ2) is 5.41. The number of aryl methyl sites for hydroxylation is 2. The van der Waals surface area contributed by atoms with Crippen molar-refractivity contribution in [1.29, 1.82) is 0 Å². The van der Waals surface area contributed by atoms with Crippen molar-refractivity contribution < 1.29 is 0 Å². The molecule has 2 aromatic rings. The van der Waals surface area contributed by atoms with Crippen LogP contribution in [0.4, 0.5) is 0 Å². The van der Waals surface area contributed by atoms with Crippen molar-refractivity contribution in [2.45, 2.75) is 19.8 Å². The quantitative estimate of drug-likeness (QED) is 0.776. The van der Waals surface area contributed by atoms with E-state index in [9.17, 15) is 0 Å². The van der Waals surface area contributed by atoms with Gasteiger partial charge in [0, 0.05) is 17.9 Å².